The van der Waals surface area contributed by atoms with Crippen LogP contribution in [0.4, 0.5) is 0 Å². The van der Waals surface area contributed by atoms with Gasteiger partial charge in [0.15, 0.2) is 11.5 Å². The quantitative estimate of drug-likeness (QED) is 0.690. The molecular formula is C11H17NO3. The molecule has 1 atom stereocenters. The van der Waals surface area contributed by atoms with E-state index in [0.29, 0.717) is 5.75 Å². The summed E-state index contributed by atoms with van der Waals surface area (Å²) >= 11 is 0. The molecular weight excluding hydrogens is 194 g/mol. The summed E-state index contributed by atoms with van der Waals surface area (Å²) in [6, 6.07) is 5.02. The fourth-order valence-corrected chi connectivity index (χ4v) is 1.34. The highest BCUT2D eigenvalue weighted by molar-refractivity contribution is 5.43. The maximum absolute atomic E-state index is 9.44. The predicted octanol–water partition coefficient (Wildman–Crippen LogP) is 0.828. The minimum atomic E-state index is -0.527. The summed E-state index contributed by atoms with van der Waals surface area (Å²) in [4.78, 5) is 0. The second-order valence-electron chi connectivity index (χ2n) is 3.63. The van der Waals surface area contributed by atoms with E-state index >= 15 is 0 Å². The number of methoxy groups -OCH3 is 1. The molecule has 0 fully saturated rings. The lowest BCUT2D eigenvalue weighted by Gasteiger charge is -2.27. The van der Waals surface area contributed by atoms with E-state index in [2.05, 4.69) is 5.32 Å². The summed E-state index contributed by atoms with van der Waals surface area (Å²) in [5, 5.41) is 21.8. The van der Waals surface area contributed by atoms with Crippen LogP contribution in [0.25, 0.3) is 0 Å². The van der Waals surface area contributed by atoms with Crippen LogP contribution in [0.15, 0.2) is 18.2 Å². The van der Waals surface area contributed by atoms with E-state index in [9.17, 15) is 10.2 Å². The van der Waals surface area contributed by atoms with Crippen LogP contribution in [0.5, 0.6) is 11.5 Å². The summed E-state index contributed by atoms with van der Waals surface area (Å²) in [6.07, 6.45) is 0. The maximum Gasteiger partial charge on any atom is 0.160 e. The number of aliphatic hydroxyl groups is 1. The first-order chi connectivity index (χ1) is 7.07. The first kappa shape index (κ1) is 11.8. The standard InChI is InChI=1S/C11H17NO3/c1-11(7-13,12-2)8-4-5-9(14)10(6-8)15-3/h4-6,12-14H,7H2,1-3H3. The molecule has 1 rings (SSSR count). The summed E-state index contributed by atoms with van der Waals surface area (Å²) in [5.41, 5.74) is 0.336. The van der Waals surface area contributed by atoms with Crippen molar-refractivity contribution in [1.29, 1.82) is 0 Å². The van der Waals surface area contributed by atoms with Gasteiger partial charge in [0.2, 0.25) is 0 Å². The molecule has 0 aliphatic carbocycles. The van der Waals surface area contributed by atoms with Gasteiger partial charge >= 0.3 is 0 Å². The third kappa shape index (κ3) is 2.22. The Kier molecular flexibility index (Phi) is 3.55. The van der Waals surface area contributed by atoms with Crippen LogP contribution in [0.3, 0.4) is 0 Å². The molecule has 4 heteroatoms. The van der Waals surface area contributed by atoms with Crippen molar-refractivity contribution in [3.8, 4) is 11.5 Å². The smallest absolute Gasteiger partial charge is 0.160 e. The molecule has 0 radical (unpaired) electrons. The van der Waals surface area contributed by atoms with Crippen molar-refractivity contribution in [2.45, 2.75) is 12.5 Å². The molecule has 0 aliphatic heterocycles. The lowest BCUT2D eigenvalue weighted by atomic mass is 9.93. The van der Waals surface area contributed by atoms with Crippen LogP contribution in [-0.4, -0.2) is 31.0 Å². The third-order valence-corrected chi connectivity index (χ3v) is 2.68. The lowest BCUT2D eigenvalue weighted by molar-refractivity contribution is 0.183. The Labute approximate surface area is 89.5 Å². The van der Waals surface area contributed by atoms with Gasteiger partial charge in [0, 0.05) is 0 Å². The molecule has 0 heterocycles. The van der Waals surface area contributed by atoms with E-state index in [1.807, 2.05) is 6.92 Å². The number of phenols is 1. The van der Waals surface area contributed by atoms with Crippen molar-refractivity contribution in [2.75, 3.05) is 20.8 Å². The molecule has 0 bridgehead atoms. The molecule has 0 saturated carbocycles. The highest BCUT2D eigenvalue weighted by Gasteiger charge is 2.24. The Hall–Kier alpha value is -1.26. The highest BCUT2D eigenvalue weighted by atomic mass is 16.5. The Morgan fingerprint density at radius 1 is 1.47 bits per heavy atom. The van der Waals surface area contributed by atoms with E-state index in [-0.39, 0.29) is 12.4 Å². The van der Waals surface area contributed by atoms with Gasteiger partial charge < -0.3 is 20.3 Å². The molecule has 0 amide bonds. The van der Waals surface area contributed by atoms with Crippen LogP contribution in [0.2, 0.25) is 0 Å². The topological polar surface area (TPSA) is 61.7 Å². The van der Waals surface area contributed by atoms with Gasteiger partial charge in [-0.3, -0.25) is 0 Å². The molecule has 0 aliphatic rings. The Morgan fingerprint density at radius 2 is 2.13 bits per heavy atom. The molecule has 1 aromatic carbocycles. The van der Waals surface area contributed by atoms with Gasteiger partial charge in [-0.1, -0.05) is 6.07 Å². The Bertz CT molecular complexity index is 335. The fraction of sp³-hybridized carbons (Fsp3) is 0.455. The van der Waals surface area contributed by atoms with Crippen LogP contribution >= 0.6 is 0 Å². The number of rotatable bonds is 4. The van der Waals surface area contributed by atoms with Gasteiger partial charge in [-0.2, -0.15) is 0 Å². The number of nitrogens with one attached hydrogen (secondary N) is 1. The molecule has 84 valence electrons. The number of ether oxygens (including phenoxy) is 1. The van der Waals surface area contributed by atoms with Gasteiger partial charge in [-0.25, -0.2) is 0 Å². The zero-order chi connectivity index (χ0) is 11.5. The maximum atomic E-state index is 9.44. The monoisotopic (exact) mass is 211 g/mol. The van der Waals surface area contributed by atoms with E-state index in [4.69, 9.17) is 4.74 Å². The van der Waals surface area contributed by atoms with E-state index < -0.39 is 5.54 Å². The average Bonchev–Trinajstić information content (AvgIpc) is 2.28. The largest absolute Gasteiger partial charge is 0.504 e. The molecule has 0 saturated heterocycles. The van der Waals surface area contributed by atoms with Gasteiger partial charge in [0.25, 0.3) is 0 Å². The molecule has 0 aromatic heterocycles. The average molecular weight is 211 g/mol. The van der Waals surface area contributed by atoms with Crippen molar-refractivity contribution >= 4 is 0 Å². The molecule has 4 nitrogen and oxygen atoms in total. The molecule has 3 N–H and O–H groups in total. The van der Waals surface area contributed by atoms with Gasteiger partial charge in [0.05, 0.1) is 19.3 Å². The molecule has 0 spiro atoms. The molecule has 15 heavy (non-hydrogen) atoms. The van der Waals surface area contributed by atoms with Crippen LogP contribution in [0, 0.1) is 0 Å². The minimum Gasteiger partial charge on any atom is -0.504 e. The molecule has 1 aromatic rings. The number of hydrogen-bond donors (Lipinski definition) is 3. The Morgan fingerprint density at radius 3 is 2.60 bits per heavy atom. The van der Waals surface area contributed by atoms with Crippen molar-refractivity contribution in [3.63, 3.8) is 0 Å². The minimum absolute atomic E-state index is 0.0303. The third-order valence-electron chi connectivity index (χ3n) is 2.68. The van der Waals surface area contributed by atoms with Crippen LogP contribution in [0.1, 0.15) is 12.5 Å². The number of likely N-dealkylation sites (N-methyl/N-ethyl adjacent to an activating group) is 1. The summed E-state index contributed by atoms with van der Waals surface area (Å²) in [6.45, 7) is 1.84. The van der Waals surface area contributed by atoms with E-state index in [1.165, 1.54) is 7.11 Å². The Balaban J connectivity index is 3.15. The first-order valence-corrected chi connectivity index (χ1v) is 4.74. The second kappa shape index (κ2) is 4.51. The lowest BCUT2D eigenvalue weighted by Crippen LogP contribution is -2.40. The predicted molar refractivity (Wildman–Crippen MR) is 58.2 cm³/mol. The SMILES string of the molecule is CNC(C)(CO)c1ccc(O)c(OC)c1. The second-order valence-corrected chi connectivity index (χ2v) is 3.63. The van der Waals surface area contributed by atoms with Gasteiger partial charge in [0.1, 0.15) is 0 Å². The number of aromatic hydroxyl groups is 1. The van der Waals surface area contributed by atoms with E-state index in [0.717, 1.165) is 5.56 Å². The van der Waals surface area contributed by atoms with Gasteiger partial charge in [-0.05, 0) is 31.7 Å². The number of hydrogen-bond acceptors (Lipinski definition) is 4. The summed E-state index contributed by atoms with van der Waals surface area (Å²) < 4.78 is 5.01. The van der Waals surface area contributed by atoms with Crippen molar-refractivity contribution in [2.24, 2.45) is 0 Å². The molecule has 1 unspecified atom stereocenters. The fourth-order valence-electron chi connectivity index (χ4n) is 1.34. The van der Waals surface area contributed by atoms with Gasteiger partial charge in [-0.15, -0.1) is 0 Å². The normalized spacial score (nSPS) is 14.7. The number of benzene rings is 1. The van der Waals surface area contributed by atoms with Crippen LogP contribution in [-0.2, 0) is 5.54 Å². The van der Waals surface area contributed by atoms with Crippen molar-refractivity contribution in [3.05, 3.63) is 23.8 Å². The van der Waals surface area contributed by atoms with Crippen molar-refractivity contribution < 1.29 is 14.9 Å². The van der Waals surface area contributed by atoms with Crippen molar-refractivity contribution in [1.82, 2.24) is 5.32 Å². The highest BCUT2D eigenvalue weighted by Crippen LogP contribution is 2.30. The zero-order valence-corrected chi connectivity index (χ0v) is 9.24. The van der Waals surface area contributed by atoms with E-state index in [1.54, 1.807) is 25.2 Å². The first-order valence-electron chi connectivity index (χ1n) is 4.74. The summed E-state index contributed by atoms with van der Waals surface area (Å²) in [7, 11) is 3.27. The zero-order valence-electron chi connectivity index (χ0n) is 9.24. The number of phenolic OH excluding ortho intramolecular Hbond substituents is 1. The number of aliphatic hydroxyl groups excluding tert-OH is 1. The summed E-state index contributed by atoms with van der Waals surface area (Å²) in [5.74, 6) is 0.500. The van der Waals surface area contributed by atoms with Crippen LogP contribution < -0.4 is 10.1 Å².